The van der Waals surface area contributed by atoms with Crippen molar-refractivity contribution in [3.8, 4) is 11.1 Å². The number of rotatable bonds is 1. The summed E-state index contributed by atoms with van der Waals surface area (Å²) in [6, 6.07) is 22.1. The molecule has 26 heavy (non-hydrogen) atoms. The number of H-pyrrole nitrogens is 1. The van der Waals surface area contributed by atoms with E-state index in [2.05, 4.69) is 90.0 Å². The Morgan fingerprint density at radius 1 is 0.731 bits per heavy atom. The van der Waals surface area contributed by atoms with Gasteiger partial charge in [0.1, 0.15) is 0 Å². The van der Waals surface area contributed by atoms with Crippen LogP contribution in [0.2, 0.25) is 0 Å². The van der Waals surface area contributed by atoms with Crippen molar-refractivity contribution in [2.24, 2.45) is 0 Å². The van der Waals surface area contributed by atoms with Crippen LogP contribution in [-0.4, -0.2) is 10.2 Å². The van der Waals surface area contributed by atoms with Gasteiger partial charge in [-0.15, -0.1) is 11.8 Å². The van der Waals surface area contributed by atoms with Crippen molar-refractivity contribution < 1.29 is 0 Å². The quantitative estimate of drug-likeness (QED) is 0.405. The molecule has 2 heterocycles. The van der Waals surface area contributed by atoms with Gasteiger partial charge in [0.25, 0.3) is 0 Å². The first kappa shape index (κ1) is 14.5. The van der Waals surface area contributed by atoms with Gasteiger partial charge in [0.15, 0.2) is 0 Å². The van der Waals surface area contributed by atoms with E-state index in [1.165, 1.54) is 43.4 Å². The van der Waals surface area contributed by atoms with Gasteiger partial charge in [-0.05, 0) is 41.0 Å². The fourth-order valence-corrected chi connectivity index (χ4v) is 5.61. The summed E-state index contributed by atoms with van der Waals surface area (Å²) >= 11 is 2.00. The number of benzene rings is 3. The van der Waals surface area contributed by atoms with E-state index in [0.29, 0.717) is 11.2 Å². The SMILES string of the molecule is C1=CC2Sc3cc4c(cc3C2C=C1)[nH]c1ccc(-c2ccccc2)cc14. The van der Waals surface area contributed by atoms with Gasteiger partial charge < -0.3 is 4.98 Å². The third-order valence-electron chi connectivity index (χ3n) is 5.54. The van der Waals surface area contributed by atoms with Crippen molar-refractivity contribution in [2.75, 3.05) is 0 Å². The highest BCUT2D eigenvalue weighted by Crippen LogP contribution is 2.49. The van der Waals surface area contributed by atoms with Gasteiger partial charge in [-0.3, -0.25) is 0 Å². The second-order valence-corrected chi connectivity index (χ2v) is 8.28. The zero-order chi connectivity index (χ0) is 17.1. The molecule has 6 rings (SSSR count). The van der Waals surface area contributed by atoms with Crippen molar-refractivity contribution in [3.63, 3.8) is 0 Å². The van der Waals surface area contributed by atoms with Gasteiger partial charge in [-0.1, -0.05) is 60.7 Å². The maximum absolute atomic E-state index is 3.63. The van der Waals surface area contributed by atoms with E-state index < -0.39 is 0 Å². The number of allylic oxidation sites excluding steroid dienone is 3. The number of thioether (sulfide) groups is 1. The topological polar surface area (TPSA) is 15.8 Å². The van der Waals surface area contributed by atoms with Crippen LogP contribution in [0.1, 0.15) is 11.5 Å². The lowest BCUT2D eigenvalue weighted by Crippen LogP contribution is -2.06. The van der Waals surface area contributed by atoms with Crippen LogP contribution in [0.3, 0.4) is 0 Å². The number of aromatic amines is 1. The first-order valence-corrected chi connectivity index (χ1v) is 9.91. The number of hydrogen-bond donors (Lipinski definition) is 1. The Bertz CT molecular complexity index is 1210. The molecule has 0 amide bonds. The fourth-order valence-electron chi connectivity index (χ4n) is 4.24. The zero-order valence-electron chi connectivity index (χ0n) is 14.1. The van der Waals surface area contributed by atoms with Gasteiger partial charge in [0.2, 0.25) is 0 Å². The minimum absolute atomic E-state index is 0.510. The van der Waals surface area contributed by atoms with E-state index in [1.54, 1.807) is 0 Å². The average molecular weight is 351 g/mol. The lowest BCUT2D eigenvalue weighted by Gasteiger charge is -2.14. The molecule has 2 atom stereocenters. The molecule has 1 nitrogen and oxygen atoms in total. The Balaban J connectivity index is 1.56. The summed E-state index contributed by atoms with van der Waals surface area (Å²) in [4.78, 5) is 5.06. The molecule has 2 heteroatoms. The summed E-state index contributed by atoms with van der Waals surface area (Å²) < 4.78 is 0. The lowest BCUT2D eigenvalue weighted by molar-refractivity contribution is 0.883. The smallest absolute Gasteiger partial charge is 0.0468 e. The Hall–Kier alpha value is -2.71. The highest BCUT2D eigenvalue weighted by Gasteiger charge is 2.31. The van der Waals surface area contributed by atoms with E-state index in [0.717, 1.165) is 0 Å². The van der Waals surface area contributed by atoms with Gasteiger partial charge in [-0.2, -0.15) is 0 Å². The van der Waals surface area contributed by atoms with Gasteiger partial charge in [-0.25, -0.2) is 0 Å². The number of fused-ring (bicyclic) bond motifs is 6. The van der Waals surface area contributed by atoms with Crippen LogP contribution in [0.15, 0.2) is 89.9 Å². The average Bonchev–Trinajstić information content (AvgIpc) is 3.24. The van der Waals surface area contributed by atoms with Crippen LogP contribution in [0, 0.1) is 0 Å². The Kier molecular flexibility index (Phi) is 3.00. The van der Waals surface area contributed by atoms with Crippen molar-refractivity contribution in [1.29, 1.82) is 0 Å². The predicted octanol–water partition coefficient (Wildman–Crippen LogP) is 6.67. The molecule has 0 spiro atoms. The van der Waals surface area contributed by atoms with E-state index in [9.17, 15) is 0 Å². The van der Waals surface area contributed by atoms with Gasteiger partial charge in [0.05, 0.1) is 0 Å². The summed E-state index contributed by atoms with van der Waals surface area (Å²) in [6.45, 7) is 0. The van der Waals surface area contributed by atoms with Crippen LogP contribution in [-0.2, 0) is 0 Å². The van der Waals surface area contributed by atoms with E-state index in [-0.39, 0.29) is 0 Å². The maximum atomic E-state index is 3.63. The number of hydrogen-bond acceptors (Lipinski definition) is 1. The van der Waals surface area contributed by atoms with Crippen LogP contribution in [0.4, 0.5) is 0 Å². The lowest BCUT2D eigenvalue weighted by atomic mass is 9.92. The minimum Gasteiger partial charge on any atom is -0.355 e. The van der Waals surface area contributed by atoms with E-state index >= 15 is 0 Å². The highest BCUT2D eigenvalue weighted by atomic mass is 32.2. The zero-order valence-corrected chi connectivity index (χ0v) is 15.0. The van der Waals surface area contributed by atoms with E-state index in [4.69, 9.17) is 0 Å². The minimum atomic E-state index is 0.510. The van der Waals surface area contributed by atoms with Crippen LogP contribution >= 0.6 is 11.8 Å². The molecule has 0 fully saturated rings. The molecule has 2 unspecified atom stereocenters. The largest absolute Gasteiger partial charge is 0.355 e. The third-order valence-corrected chi connectivity index (χ3v) is 6.87. The van der Waals surface area contributed by atoms with Crippen molar-refractivity contribution in [2.45, 2.75) is 16.1 Å². The molecule has 1 N–H and O–H groups in total. The molecule has 0 saturated carbocycles. The summed E-state index contributed by atoms with van der Waals surface area (Å²) in [5.74, 6) is 0.510. The molecule has 3 aromatic carbocycles. The fraction of sp³-hybridized carbons (Fsp3) is 0.0833. The molecule has 0 radical (unpaired) electrons. The molecular formula is C24H17NS. The second kappa shape index (κ2) is 5.39. The third kappa shape index (κ3) is 2.06. The standard InChI is InChI=1S/C24H17NS/c1-2-6-15(7-3-1)16-10-11-21-18(12-16)19-14-24-20(13-22(19)25-21)17-8-4-5-9-23(17)26-24/h1-14,17,23,25H. The Morgan fingerprint density at radius 2 is 1.58 bits per heavy atom. The summed E-state index contributed by atoms with van der Waals surface area (Å²) in [7, 11) is 0. The summed E-state index contributed by atoms with van der Waals surface area (Å²) in [6.07, 6.45) is 9.02. The molecule has 1 aliphatic heterocycles. The first-order chi connectivity index (χ1) is 12.9. The summed E-state index contributed by atoms with van der Waals surface area (Å²) in [5.41, 5.74) is 6.45. The molecule has 4 aromatic rings. The van der Waals surface area contributed by atoms with Crippen LogP contribution in [0.5, 0.6) is 0 Å². The normalized spacial score (nSPS) is 20.6. The van der Waals surface area contributed by atoms with Crippen molar-refractivity contribution >= 4 is 33.6 Å². The Morgan fingerprint density at radius 3 is 2.50 bits per heavy atom. The number of aromatic nitrogens is 1. The Labute approximate surface area is 156 Å². The summed E-state index contributed by atoms with van der Waals surface area (Å²) in [5, 5.41) is 3.19. The maximum Gasteiger partial charge on any atom is 0.0468 e. The molecule has 0 bridgehead atoms. The molecule has 0 saturated heterocycles. The monoisotopic (exact) mass is 351 g/mol. The van der Waals surface area contributed by atoms with Crippen LogP contribution < -0.4 is 0 Å². The van der Waals surface area contributed by atoms with Crippen molar-refractivity contribution in [1.82, 2.24) is 4.98 Å². The van der Waals surface area contributed by atoms with Gasteiger partial charge in [0, 0.05) is 37.9 Å². The molecule has 124 valence electrons. The number of nitrogens with one attached hydrogen (secondary N) is 1. The van der Waals surface area contributed by atoms with Gasteiger partial charge >= 0.3 is 0 Å². The molecular weight excluding hydrogens is 334 g/mol. The van der Waals surface area contributed by atoms with E-state index in [1.807, 2.05) is 11.8 Å². The predicted molar refractivity (Wildman–Crippen MR) is 112 cm³/mol. The first-order valence-electron chi connectivity index (χ1n) is 9.03. The molecule has 2 aliphatic rings. The molecule has 1 aliphatic carbocycles. The van der Waals surface area contributed by atoms with Crippen molar-refractivity contribution in [3.05, 3.63) is 90.5 Å². The highest BCUT2D eigenvalue weighted by molar-refractivity contribution is 8.00. The molecule has 1 aromatic heterocycles. The van der Waals surface area contributed by atoms with Crippen LogP contribution in [0.25, 0.3) is 32.9 Å². The second-order valence-electron chi connectivity index (χ2n) is 7.07.